The maximum absolute atomic E-state index is 5.84. The number of benzene rings is 2. The van der Waals surface area contributed by atoms with E-state index in [1.807, 2.05) is 13.1 Å². The summed E-state index contributed by atoms with van der Waals surface area (Å²) in [6.45, 7) is 2.77. The highest BCUT2D eigenvalue weighted by Gasteiger charge is 2.19. The average Bonchev–Trinajstić information content (AvgIpc) is 2.76. The van der Waals surface area contributed by atoms with Gasteiger partial charge in [-0.1, -0.05) is 42.5 Å². The third kappa shape index (κ3) is 3.19. The maximum atomic E-state index is 5.84. The van der Waals surface area contributed by atoms with E-state index in [1.165, 1.54) is 11.3 Å². The van der Waals surface area contributed by atoms with Crippen LogP contribution in [0, 0.1) is 0 Å². The van der Waals surface area contributed by atoms with Crippen LogP contribution in [0.2, 0.25) is 0 Å². The molecular weight excluding hydrogens is 260 g/mol. The van der Waals surface area contributed by atoms with Crippen LogP contribution in [-0.4, -0.2) is 26.7 Å². The number of rotatable bonds is 4. The van der Waals surface area contributed by atoms with E-state index >= 15 is 0 Å². The van der Waals surface area contributed by atoms with Crippen molar-refractivity contribution in [2.24, 2.45) is 0 Å². The summed E-state index contributed by atoms with van der Waals surface area (Å²) in [5.41, 5.74) is 2.52. The monoisotopic (exact) mass is 282 g/mol. The van der Waals surface area contributed by atoms with Gasteiger partial charge in [0.05, 0.1) is 12.3 Å². The SMILES string of the molecule is CNC(CN1CCCOc2ccccc21)c1ccccc1. The number of ether oxygens (including phenoxy) is 1. The van der Waals surface area contributed by atoms with Crippen molar-refractivity contribution in [3.05, 3.63) is 60.2 Å². The van der Waals surface area contributed by atoms with Crippen molar-refractivity contribution in [2.45, 2.75) is 12.5 Å². The van der Waals surface area contributed by atoms with Gasteiger partial charge in [-0.05, 0) is 31.2 Å². The molecule has 3 nitrogen and oxygen atoms in total. The first-order valence-corrected chi connectivity index (χ1v) is 7.57. The maximum Gasteiger partial charge on any atom is 0.142 e. The zero-order valence-corrected chi connectivity index (χ0v) is 12.5. The summed E-state index contributed by atoms with van der Waals surface area (Å²) in [4.78, 5) is 2.43. The molecule has 3 heteroatoms. The Bertz CT molecular complexity index is 570. The van der Waals surface area contributed by atoms with Gasteiger partial charge in [-0.3, -0.25) is 0 Å². The number of fused-ring (bicyclic) bond motifs is 1. The topological polar surface area (TPSA) is 24.5 Å². The Hall–Kier alpha value is -2.00. The van der Waals surface area contributed by atoms with E-state index in [2.05, 4.69) is 58.7 Å². The molecule has 0 saturated carbocycles. The van der Waals surface area contributed by atoms with Gasteiger partial charge in [0.25, 0.3) is 0 Å². The van der Waals surface area contributed by atoms with Crippen LogP contribution in [0.4, 0.5) is 5.69 Å². The van der Waals surface area contributed by atoms with Gasteiger partial charge in [-0.15, -0.1) is 0 Å². The fraction of sp³-hybridized carbons (Fsp3) is 0.333. The Balaban J connectivity index is 1.83. The minimum atomic E-state index is 0.317. The van der Waals surface area contributed by atoms with Crippen LogP contribution in [0.15, 0.2) is 54.6 Å². The number of hydrogen-bond acceptors (Lipinski definition) is 3. The number of nitrogens with one attached hydrogen (secondary N) is 1. The molecule has 0 fully saturated rings. The summed E-state index contributed by atoms with van der Waals surface area (Å²) in [6, 6.07) is 19.3. The Morgan fingerprint density at radius 2 is 1.86 bits per heavy atom. The largest absolute Gasteiger partial charge is 0.491 e. The molecule has 0 radical (unpaired) electrons. The highest BCUT2D eigenvalue weighted by Crippen LogP contribution is 2.31. The second-order valence-corrected chi connectivity index (χ2v) is 5.37. The fourth-order valence-corrected chi connectivity index (χ4v) is 2.86. The molecule has 0 saturated heterocycles. The number of anilines is 1. The summed E-state index contributed by atoms with van der Waals surface area (Å²) in [5, 5.41) is 3.43. The summed E-state index contributed by atoms with van der Waals surface area (Å²) in [5.74, 6) is 0.998. The molecule has 3 rings (SSSR count). The predicted octanol–water partition coefficient (Wildman–Crippen LogP) is 3.24. The van der Waals surface area contributed by atoms with Gasteiger partial charge >= 0.3 is 0 Å². The molecule has 1 heterocycles. The Morgan fingerprint density at radius 1 is 1.10 bits per heavy atom. The number of likely N-dealkylation sites (N-methyl/N-ethyl adjacent to an activating group) is 1. The summed E-state index contributed by atoms with van der Waals surface area (Å²) in [7, 11) is 2.03. The number of nitrogens with zero attached hydrogens (tertiary/aromatic N) is 1. The van der Waals surface area contributed by atoms with Crippen molar-refractivity contribution in [3.63, 3.8) is 0 Å². The highest BCUT2D eigenvalue weighted by molar-refractivity contribution is 5.59. The van der Waals surface area contributed by atoms with Gasteiger partial charge in [0, 0.05) is 19.1 Å². The second-order valence-electron chi connectivity index (χ2n) is 5.37. The lowest BCUT2D eigenvalue weighted by atomic mass is 10.1. The first-order valence-electron chi connectivity index (χ1n) is 7.57. The molecule has 1 atom stereocenters. The van der Waals surface area contributed by atoms with Crippen molar-refractivity contribution >= 4 is 5.69 Å². The minimum Gasteiger partial charge on any atom is -0.491 e. The molecule has 1 unspecified atom stereocenters. The van der Waals surface area contributed by atoms with E-state index in [-0.39, 0.29) is 0 Å². The van der Waals surface area contributed by atoms with E-state index in [0.717, 1.165) is 31.9 Å². The minimum absolute atomic E-state index is 0.317. The van der Waals surface area contributed by atoms with Crippen molar-refractivity contribution in [1.82, 2.24) is 5.32 Å². The van der Waals surface area contributed by atoms with Crippen LogP contribution in [0.3, 0.4) is 0 Å². The van der Waals surface area contributed by atoms with Crippen molar-refractivity contribution < 1.29 is 4.74 Å². The molecule has 1 aliphatic rings. The van der Waals surface area contributed by atoms with E-state index in [4.69, 9.17) is 4.74 Å². The molecule has 0 amide bonds. The molecule has 1 N–H and O–H groups in total. The molecule has 0 bridgehead atoms. The highest BCUT2D eigenvalue weighted by atomic mass is 16.5. The molecule has 21 heavy (non-hydrogen) atoms. The smallest absolute Gasteiger partial charge is 0.142 e. The van der Waals surface area contributed by atoms with Crippen molar-refractivity contribution in [3.8, 4) is 5.75 Å². The van der Waals surface area contributed by atoms with Gasteiger partial charge in [-0.25, -0.2) is 0 Å². The molecule has 2 aromatic carbocycles. The van der Waals surface area contributed by atoms with E-state index < -0.39 is 0 Å². The van der Waals surface area contributed by atoms with Gasteiger partial charge in [0.15, 0.2) is 0 Å². The van der Waals surface area contributed by atoms with Gasteiger partial charge < -0.3 is 15.0 Å². The second kappa shape index (κ2) is 6.64. The van der Waals surface area contributed by atoms with Gasteiger partial charge in [0.1, 0.15) is 5.75 Å². The van der Waals surface area contributed by atoms with Crippen molar-refractivity contribution in [1.29, 1.82) is 0 Å². The normalized spacial score (nSPS) is 15.8. The summed E-state index contributed by atoms with van der Waals surface area (Å²) >= 11 is 0. The quantitative estimate of drug-likeness (QED) is 0.931. The lowest BCUT2D eigenvalue weighted by molar-refractivity contribution is 0.322. The molecule has 0 aromatic heterocycles. The van der Waals surface area contributed by atoms with Crippen LogP contribution in [0.5, 0.6) is 5.75 Å². The number of hydrogen-bond donors (Lipinski definition) is 1. The molecule has 1 aliphatic heterocycles. The average molecular weight is 282 g/mol. The fourth-order valence-electron chi connectivity index (χ4n) is 2.86. The third-order valence-electron chi connectivity index (χ3n) is 3.99. The molecule has 0 aliphatic carbocycles. The third-order valence-corrected chi connectivity index (χ3v) is 3.99. The molecule has 0 spiro atoms. The predicted molar refractivity (Wildman–Crippen MR) is 87.0 cm³/mol. The summed E-state index contributed by atoms with van der Waals surface area (Å²) < 4.78 is 5.84. The molecular formula is C18H22N2O. The van der Waals surface area contributed by atoms with Gasteiger partial charge in [0.2, 0.25) is 0 Å². The van der Waals surface area contributed by atoms with Gasteiger partial charge in [-0.2, -0.15) is 0 Å². The number of para-hydroxylation sites is 2. The van der Waals surface area contributed by atoms with Crippen LogP contribution in [0.1, 0.15) is 18.0 Å². The van der Waals surface area contributed by atoms with Crippen LogP contribution < -0.4 is 15.0 Å². The van der Waals surface area contributed by atoms with Crippen LogP contribution in [0.25, 0.3) is 0 Å². The zero-order valence-electron chi connectivity index (χ0n) is 12.5. The van der Waals surface area contributed by atoms with E-state index in [1.54, 1.807) is 0 Å². The van der Waals surface area contributed by atoms with Crippen LogP contribution >= 0.6 is 0 Å². The standard InChI is InChI=1S/C18H22N2O/c1-19-16(15-8-3-2-4-9-15)14-20-12-7-13-21-18-11-6-5-10-17(18)20/h2-6,8-11,16,19H,7,12-14H2,1H3. The Morgan fingerprint density at radius 3 is 2.67 bits per heavy atom. The van der Waals surface area contributed by atoms with Crippen molar-refractivity contribution in [2.75, 3.05) is 31.6 Å². The van der Waals surface area contributed by atoms with E-state index in [0.29, 0.717) is 6.04 Å². The first kappa shape index (κ1) is 14.0. The Kier molecular flexibility index (Phi) is 4.41. The molecule has 110 valence electrons. The molecule has 2 aromatic rings. The first-order chi connectivity index (χ1) is 10.4. The Labute approximate surface area is 126 Å². The van der Waals surface area contributed by atoms with Crippen LogP contribution in [-0.2, 0) is 0 Å². The lowest BCUT2D eigenvalue weighted by Crippen LogP contribution is -2.34. The lowest BCUT2D eigenvalue weighted by Gasteiger charge is -2.29. The van der Waals surface area contributed by atoms with E-state index in [9.17, 15) is 0 Å². The zero-order chi connectivity index (χ0) is 14.5. The summed E-state index contributed by atoms with van der Waals surface area (Å²) in [6.07, 6.45) is 1.06.